The van der Waals surface area contributed by atoms with E-state index in [0.717, 1.165) is 41.0 Å². The van der Waals surface area contributed by atoms with E-state index in [1.165, 1.54) is 5.56 Å². The van der Waals surface area contributed by atoms with E-state index in [1.54, 1.807) is 12.4 Å². The number of pyridine rings is 1. The lowest BCUT2D eigenvalue weighted by Crippen LogP contribution is -2.03. The summed E-state index contributed by atoms with van der Waals surface area (Å²) in [4.78, 5) is 16.1. The number of hydrogen-bond acceptors (Lipinski definition) is 4. The summed E-state index contributed by atoms with van der Waals surface area (Å²) in [5.41, 5.74) is 5.32. The molecule has 3 aromatic rings. The third kappa shape index (κ3) is 4.41. The number of aryl methyl sites for hydroxylation is 3. The Labute approximate surface area is 147 Å². The lowest BCUT2D eigenvalue weighted by atomic mass is 9.99. The molecule has 0 fully saturated rings. The van der Waals surface area contributed by atoms with Crippen LogP contribution in [0.4, 0.5) is 0 Å². The lowest BCUT2D eigenvalue weighted by Gasteiger charge is -2.05. The van der Waals surface area contributed by atoms with Crippen molar-refractivity contribution in [2.45, 2.75) is 39.5 Å². The molecule has 0 radical (unpaired) electrons. The summed E-state index contributed by atoms with van der Waals surface area (Å²) in [6.45, 7) is 3.88. The van der Waals surface area contributed by atoms with Crippen LogP contribution in [0.25, 0.3) is 11.1 Å². The van der Waals surface area contributed by atoms with E-state index >= 15 is 0 Å². The normalized spacial score (nSPS) is 10.8. The van der Waals surface area contributed by atoms with Crippen LogP contribution in [0.1, 0.15) is 35.4 Å². The number of benzene rings is 1. The molecule has 2 heterocycles. The molecule has 0 aliphatic heterocycles. The van der Waals surface area contributed by atoms with Gasteiger partial charge < -0.3 is 4.52 Å². The van der Waals surface area contributed by atoms with Crippen molar-refractivity contribution in [3.05, 3.63) is 71.4 Å². The zero-order chi connectivity index (χ0) is 17.6. The molecule has 0 atom stereocenters. The molecule has 4 nitrogen and oxygen atoms in total. The second-order valence-corrected chi connectivity index (χ2v) is 6.33. The Bertz CT molecular complexity index is 817. The Morgan fingerprint density at radius 3 is 2.52 bits per heavy atom. The highest BCUT2D eigenvalue weighted by molar-refractivity contribution is 5.80. The van der Waals surface area contributed by atoms with Crippen molar-refractivity contribution in [1.82, 2.24) is 10.1 Å². The van der Waals surface area contributed by atoms with E-state index in [9.17, 15) is 4.79 Å². The summed E-state index contributed by atoms with van der Waals surface area (Å²) in [7, 11) is 0. The van der Waals surface area contributed by atoms with Crippen LogP contribution in [0.2, 0.25) is 0 Å². The highest BCUT2D eigenvalue weighted by atomic mass is 16.5. The second kappa shape index (κ2) is 7.88. The van der Waals surface area contributed by atoms with Gasteiger partial charge in [-0.1, -0.05) is 35.5 Å². The third-order valence-corrected chi connectivity index (χ3v) is 4.32. The van der Waals surface area contributed by atoms with Gasteiger partial charge in [0.2, 0.25) is 0 Å². The van der Waals surface area contributed by atoms with Gasteiger partial charge in [-0.2, -0.15) is 0 Å². The van der Waals surface area contributed by atoms with Crippen LogP contribution in [0, 0.1) is 13.8 Å². The molecule has 0 N–H and O–H groups in total. The van der Waals surface area contributed by atoms with Gasteiger partial charge in [0, 0.05) is 30.8 Å². The molecule has 4 heteroatoms. The van der Waals surface area contributed by atoms with Crippen molar-refractivity contribution in [3.8, 4) is 11.1 Å². The maximum Gasteiger partial charge on any atom is 0.141 e. The number of carbonyl (C=O) groups excluding carboxylic acids is 1. The van der Waals surface area contributed by atoms with E-state index in [4.69, 9.17) is 4.52 Å². The summed E-state index contributed by atoms with van der Waals surface area (Å²) in [6, 6.07) is 12.2. The van der Waals surface area contributed by atoms with Gasteiger partial charge >= 0.3 is 0 Å². The van der Waals surface area contributed by atoms with Gasteiger partial charge in [0.25, 0.3) is 0 Å². The topological polar surface area (TPSA) is 56.0 Å². The van der Waals surface area contributed by atoms with Crippen molar-refractivity contribution in [2.24, 2.45) is 0 Å². The zero-order valence-corrected chi connectivity index (χ0v) is 14.7. The van der Waals surface area contributed by atoms with E-state index in [0.29, 0.717) is 12.8 Å². The molecule has 1 aromatic carbocycles. The second-order valence-electron chi connectivity index (χ2n) is 6.33. The van der Waals surface area contributed by atoms with Crippen molar-refractivity contribution in [2.75, 3.05) is 0 Å². The maximum atomic E-state index is 12.0. The number of carbonyl (C=O) groups is 1. The fourth-order valence-electron chi connectivity index (χ4n) is 3.04. The summed E-state index contributed by atoms with van der Waals surface area (Å²) in [6.07, 6.45) is 6.31. The highest BCUT2D eigenvalue weighted by Crippen LogP contribution is 2.27. The number of nitrogens with zero attached hydrogens (tertiary/aromatic N) is 2. The summed E-state index contributed by atoms with van der Waals surface area (Å²) in [5.74, 6) is 1.10. The zero-order valence-electron chi connectivity index (χ0n) is 14.7. The molecule has 0 amide bonds. The first-order valence-electron chi connectivity index (χ1n) is 8.56. The van der Waals surface area contributed by atoms with Gasteiger partial charge in [-0.25, -0.2) is 0 Å². The average Bonchev–Trinajstić information content (AvgIpc) is 2.95. The minimum atomic E-state index is 0.264. The Morgan fingerprint density at radius 2 is 1.88 bits per heavy atom. The monoisotopic (exact) mass is 334 g/mol. The minimum absolute atomic E-state index is 0.264. The Kier molecular flexibility index (Phi) is 5.39. The van der Waals surface area contributed by atoms with E-state index in [-0.39, 0.29) is 5.78 Å². The fraction of sp³-hybridized carbons (Fsp3) is 0.286. The quantitative estimate of drug-likeness (QED) is 0.639. The molecule has 0 unspecified atom stereocenters. The number of hydrogen-bond donors (Lipinski definition) is 0. The van der Waals surface area contributed by atoms with Crippen LogP contribution >= 0.6 is 0 Å². The molecular formula is C21H22N2O2. The smallest absolute Gasteiger partial charge is 0.141 e. The van der Waals surface area contributed by atoms with Crippen molar-refractivity contribution >= 4 is 5.78 Å². The van der Waals surface area contributed by atoms with Gasteiger partial charge in [0.15, 0.2) is 0 Å². The maximum absolute atomic E-state index is 12.0. The van der Waals surface area contributed by atoms with E-state index < -0.39 is 0 Å². The molecule has 0 bridgehead atoms. The minimum Gasteiger partial charge on any atom is -0.361 e. The molecule has 0 saturated heterocycles. The first kappa shape index (κ1) is 17.1. The largest absolute Gasteiger partial charge is 0.361 e. The van der Waals surface area contributed by atoms with Crippen LogP contribution in [0.3, 0.4) is 0 Å². The molecule has 128 valence electrons. The molecule has 25 heavy (non-hydrogen) atoms. The molecular weight excluding hydrogens is 312 g/mol. The molecule has 2 aromatic heterocycles. The van der Waals surface area contributed by atoms with Crippen molar-refractivity contribution < 1.29 is 9.32 Å². The number of Topliss-reactive ketones (excluding diaryl/α,β-unsaturated/α-hetero) is 1. The predicted molar refractivity (Wildman–Crippen MR) is 97.3 cm³/mol. The van der Waals surface area contributed by atoms with Crippen LogP contribution < -0.4 is 0 Å². The van der Waals surface area contributed by atoms with E-state index in [1.807, 2.05) is 26.0 Å². The van der Waals surface area contributed by atoms with E-state index in [2.05, 4.69) is 34.4 Å². The first-order valence-corrected chi connectivity index (χ1v) is 8.56. The van der Waals surface area contributed by atoms with Gasteiger partial charge in [-0.15, -0.1) is 0 Å². The molecule has 0 spiro atoms. The summed E-state index contributed by atoms with van der Waals surface area (Å²) in [5, 5.41) is 4.00. The number of aromatic nitrogens is 2. The molecule has 3 rings (SSSR count). The molecule has 0 aliphatic carbocycles. The molecule has 0 aliphatic rings. The first-order chi connectivity index (χ1) is 12.1. The fourth-order valence-corrected chi connectivity index (χ4v) is 3.04. The summed E-state index contributed by atoms with van der Waals surface area (Å²) >= 11 is 0. The van der Waals surface area contributed by atoms with Crippen LogP contribution in [0.15, 0.2) is 53.3 Å². The van der Waals surface area contributed by atoms with Crippen molar-refractivity contribution in [1.29, 1.82) is 0 Å². The predicted octanol–water partition coefficient (Wildman–Crippen LogP) is 4.49. The van der Waals surface area contributed by atoms with Crippen LogP contribution in [0.5, 0.6) is 0 Å². The number of ketones is 1. The Balaban J connectivity index is 1.51. The van der Waals surface area contributed by atoms with Crippen molar-refractivity contribution in [3.63, 3.8) is 0 Å². The summed E-state index contributed by atoms with van der Waals surface area (Å²) < 4.78 is 5.23. The Morgan fingerprint density at radius 1 is 1.08 bits per heavy atom. The standard InChI is InChI=1S/C21H22N2O2/c1-15-21(16(2)25-23-15)19-10-8-17(9-11-19)5-3-7-20(24)13-18-6-4-12-22-14-18/h4,6,8-12,14H,3,5,7,13H2,1-2H3. The van der Waals surface area contributed by atoms with Gasteiger partial charge in [0.1, 0.15) is 11.5 Å². The Hall–Kier alpha value is -2.75. The third-order valence-electron chi connectivity index (χ3n) is 4.32. The highest BCUT2D eigenvalue weighted by Gasteiger charge is 2.11. The average molecular weight is 334 g/mol. The van der Waals surface area contributed by atoms with Gasteiger partial charge in [-0.05, 0) is 49.4 Å². The van der Waals surface area contributed by atoms with Gasteiger partial charge in [0.05, 0.1) is 5.69 Å². The van der Waals surface area contributed by atoms with Gasteiger partial charge in [-0.3, -0.25) is 9.78 Å². The lowest BCUT2D eigenvalue weighted by molar-refractivity contribution is -0.118. The van der Waals surface area contributed by atoms with Crippen LogP contribution in [-0.4, -0.2) is 15.9 Å². The molecule has 0 saturated carbocycles. The van der Waals surface area contributed by atoms with Crippen LogP contribution in [-0.2, 0) is 17.6 Å². The SMILES string of the molecule is Cc1noc(C)c1-c1ccc(CCCC(=O)Cc2cccnc2)cc1. The number of rotatable bonds is 7.